The van der Waals surface area contributed by atoms with Crippen molar-refractivity contribution in [1.29, 1.82) is 0 Å². The second-order valence-corrected chi connectivity index (χ2v) is 5.60. The van der Waals surface area contributed by atoms with Crippen LogP contribution in [-0.2, 0) is 4.79 Å². The lowest BCUT2D eigenvalue weighted by molar-refractivity contribution is -0.118. The number of carbonyl (C=O) groups excluding carboxylic acids is 2. The van der Waals surface area contributed by atoms with E-state index in [1.165, 1.54) is 36.7 Å². The van der Waals surface area contributed by atoms with E-state index in [2.05, 4.69) is 20.6 Å². The summed E-state index contributed by atoms with van der Waals surface area (Å²) >= 11 is 0. The summed E-state index contributed by atoms with van der Waals surface area (Å²) in [4.78, 5) is 33.0. The van der Waals surface area contributed by atoms with Gasteiger partial charge in [-0.3, -0.25) is 9.59 Å². The lowest BCUT2D eigenvalue weighted by Gasteiger charge is -2.19. The van der Waals surface area contributed by atoms with Crippen molar-refractivity contribution in [2.75, 3.05) is 11.1 Å². The van der Waals surface area contributed by atoms with E-state index in [4.69, 9.17) is 5.73 Å². The highest BCUT2D eigenvalue weighted by Crippen LogP contribution is 2.18. The molecule has 1 heterocycles. The SMILES string of the molecule is Nc1nccnc1C(=O)N[C@H](C(=O)Nc1ccc(F)cc1)c1ccccc1. The molecule has 0 bridgehead atoms. The molecule has 0 radical (unpaired) electrons. The smallest absolute Gasteiger partial charge is 0.274 e. The molecule has 27 heavy (non-hydrogen) atoms. The molecule has 0 unspecified atom stereocenters. The number of nitrogens with zero attached hydrogens (tertiary/aromatic N) is 2. The Kier molecular flexibility index (Phi) is 5.36. The summed E-state index contributed by atoms with van der Waals surface area (Å²) in [6, 6.07) is 13.0. The summed E-state index contributed by atoms with van der Waals surface area (Å²) in [6.07, 6.45) is 2.70. The van der Waals surface area contributed by atoms with Gasteiger partial charge in [0.2, 0.25) is 0 Å². The molecule has 4 N–H and O–H groups in total. The van der Waals surface area contributed by atoms with Gasteiger partial charge >= 0.3 is 0 Å². The zero-order valence-corrected chi connectivity index (χ0v) is 14.1. The first-order valence-electron chi connectivity index (χ1n) is 8.03. The standard InChI is InChI=1S/C19H16FN5O2/c20-13-6-8-14(9-7-13)24-18(26)15(12-4-2-1-3-5-12)25-19(27)16-17(21)23-11-10-22-16/h1-11,15H,(H2,21,23)(H,24,26)(H,25,27)/t15-/m0/s1. The van der Waals surface area contributed by atoms with Gasteiger partial charge < -0.3 is 16.4 Å². The molecular formula is C19H16FN5O2. The number of rotatable bonds is 5. The molecule has 0 spiro atoms. The van der Waals surface area contributed by atoms with Crippen molar-refractivity contribution in [3.05, 3.63) is 84.1 Å². The van der Waals surface area contributed by atoms with Crippen LogP contribution in [0, 0.1) is 5.82 Å². The van der Waals surface area contributed by atoms with Gasteiger partial charge in [-0.1, -0.05) is 30.3 Å². The number of nitrogens with two attached hydrogens (primary N) is 1. The summed E-state index contributed by atoms with van der Waals surface area (Å²) in [6.45, 7) is 0. The van der Waals surface area contributed by atoms with E-state index in [-0.39, 0.29) is 11.5 Å². The van der Waals surface area contributed by atoms with Gasteiger partial charge in [-0.25, -0.2) is 14.4 Å². The van der Waals surface area contributed by atoms with Crippen LogP contribution in [0.3, 0.4) is 0 Å². The summed E-state index contributed by atoms with van der Waals surface area (Å²) in [5.41, 5.74) is 6.56. The van der Waals surface area contributed by atoms with Crippen LogP contribution in [0.25, 0.3) is 0 Å². The molecule has 0 aliphatic heterocycles. The Morgan fingerprint density at radius 1 is 0.963 bits per heavy atom. The van der Waals surface area contributed by atoms with Crippen LogP contribution < -0.4 is 16.4 Å². The Morgan fingerprint density at radius 3 is 2.30 bits per heavy atom. The highest BCUT2D eigenvalue weighted by Gasteiger charge is 2.25. The van der Waals surface area contributed by atoms with Crippen LogP contribution in [0.15, 0.2) is 67.0 Å². The van der Waals surface area contributed by atoms with Crippen LogP contribution in [0.2, 0.25) is 0 Å². The van der Waals surface area contributed by atoms with Gasteiger partial charge in [-0.05, 0) is 29.8 Å². The molecule has 0 aliphatic carbocycles. The van der Waals surface area contributed by atoms with E-state index >= 15 is 0 Å². The minimum atomic E-state index is -1.01. The van der Waals surface area contributed by atoms with Crippen molar-refractivity contribution >= 4 is 23.3 Å². The fourth-order valence-electron chi connectivity index (χ4n) is 2.42. The van der Waals surface area contributed by atoms with E-state index < -0.39 is 23.7 Å². The molecule has 0 saturated heterocycles. The predicted octanol–water partition coefficient (Wildman–Crippen LogP) is 2.31. The van der Waals surface area contributed by atoms with Crippen molar-refractivity contribution in [2.24, 2.45) is 0 Å². The number of halogens is 1. The first kappa shape index (κ1) is 18.0. The summed E-state index contributed by atoms with van der Waals surface area (Å²) in [5, 5.41) is 5.27. The first-order chi connectivity index (χ1) is 13.0. The van der Waals surface area contributed by atoms with Gasteiger partial charge in [-0.2, -0.15) is 0 Å². The van der Waals surface area contributed by atoms with Crippen molar-refractivity contribution < 1.29 is 14.0 Å². The Labute approximate surface area is 154 Å². The van der Waals surface area contributed by atoms with Crippen LogP contribution in [0.5, 0.6) is 0 Å². The average molecular weight is 365 g/mol. The molecule has 3 aromatic rings. The highest BCUT2D eigenvalue weighted by atomic mass is 19.1. The van der Waals surface area contributed by atoms with E-state index in [0.29, 0.717) is 11.3 Å². The molecule has 0 saturated carbocycles. The Balaban J connectivity index is 1.85. The fourth-order valence-corrected chi connectivity index (χ4v) is 2.42. The number of nitrogens with one attached hydrogen (secondary N) is 2. The highest BCUT2D eigenvalue weighted by molar-refractivity contribution is 6.02. The van der Waals surface area contributed by atoms with E-state index in [0.717, 1.165) is 0 Å². The van der Waals surface area contributed by atoms with Gasteiger partial charge in [-0.15, -0.1) is 0 Å². The zero-order chi connectivity index (χ0) is 19.2. The van der Waals surface area contributed by atoms with Crippen molar-refractivity contribution in [2.45, 2.75) is 6.04 Å². The first-order valence-corrected chi connectivity index (χ1v) is 8.03. The van der Waals surface area contributed by atoms with E-state index in [1.807, 2.05) is 0 Å². The molecule has 136 valence electrons. The van der Waals surface area contributed by atoms with Crippen molar-refractivity contribution in [3.63, 3.8) is 0 Å². The normalized spacial score (nSPS) is 11.4. The summed E-state index contributed by atoms with van der Waals surface area (Å²) in [5.74, 6) is -1.59. The van der Waals surface area contributed by atoms with Crippen molar-refractivity contribution in [3.8, 4) is 0 Å². The third-order valence-electron chi connectivity index (χ3n) is 3.72. The third-order valence-corrected chi connectivity index (χ3v) is 3.72. The molecule has 1 aromatic heterocycles. The maximum atomic E-state index is 13.1. The second-order valence-electron chi connectivity index (χ2n) is 5.60. The quantitative estimate of drug-likeness (QED) is 0.643. The fraction of sp³-hybridized carbons (Fsp3) is 0.0526. The largest absolute Gasteiger partial charge is 0.382 e. The van der Waals surface area contributed by atoms with Gasteiger partial charge in [0, 0.05) is 18.1 Å². The minimum Gasteiger partial charge on any atom is -0.382 e. The molecule has 8 heteroatoms. The van der Waals surface area contributed by atoms with Gasteiger partial charge in [0.05, 0.1) is 0 Å². The second kappa shape index (κ2) is 8.05. The monoisotopic (exact) mass is 365 g/mol. The molecule has 3 rings (SSSR count). The Bertz CT molecular complexity index is 948. The maximum absolute atomic E-state index is 13.1. The van der Waals surface area contributed by atoms with Gasteiger partial charge in [0.25, 0.3) is 11.8 Å². The number of hydrogen-bond donors (Lipinski definition) is 3. The van der Waals surface area contributed by atoms with Crippen LogP contribution >= 0.6 is 0 Å². The number of nitrogen functional groups attached to an aromatic ring is 1. The number of anilines is 2. The van der Waals surface area contributed by atoms with Gasteiger partial charge in [0.1, 0.15) is 11.9 Å². The lowest BCUT2D eigenvalue weighted by Crippen LogP contribution is -2.37. The maximum Gasteiger partial charge on any atom is 0.274 e. The molecule has 2 amide bonds. The number of hydrogen-bond acceptors (Lipinski definition) is 5. The van der Waals surface area contributed by atoms with Crippen LogP contribution in [0.1, 0.15) is 22.1 Å². The minimum absolute atomic E-state index is 0.0410. The molecule has 1 atom stereocenters. The Hall–Kier alpha value is -3.81. The van der Waals surface area contributed by atoms with Gasteiger partial charge in [0.15, 0.2) is 11.5 Å². The predicted molar refractivity (Wildman–Crippen MR) is 98.1 cm³/mol. The van der Waals surface area contributed by atoms with Crippen LogP contribution in [0.4, 0.5) is 15.9 Å². The number of carbonyl (C=O) groups is 2. The summed E-state index contributed by atoms with van der Waals surface area (Å²) < 4.78 is 13.1. The van der Waals surface area contributed by atoms with E-state index in [1.54, 1.807) is 30.3 Å². The van der Waals surface area contributed by atoms with E-state index in [9.17, 15) is 14.0 Å². The van der Waals surface area contributed by atoms with Crippen LogP contribution in [-0.4, -0.2) is 21.8 Å². The lowest BCUT2D eigenvalue weighted by atomic mass is 10.1. The van der Waals surface area contributed by atoms with Crippen molar-refractivity contribution in [1.82, 2.24) is 15.3 Å². The topological polar surface area (TPSA) is 110 Å². The number of benzene rings is 2. The molecule has 0 fully saturated rings. The molecule has 7 nitrogen and oxygen atoms in total. The average Bonchev–Trinajstić information content (AvgIpc) is 2.68. The zero-order valence-electron chi connectivity index (χ0n) is 14.1. The third kappa shape index (κ3) is 4.43. The number of aromatic nitrogens is 2. The summed E-state index contributed by atoms with van der Waals surface area (Å²) in [7, 11) is 0. The number of amides is 2. The molecule has 2 aromatic carbocycles. The Morgan fingerprint density at radius 2 is 1.63 bits per heavy atom. The molecule has 0 aliphatic rings. The molecular weight excluding hydrogens is 349 g/mol.